The summed E-state index contributed by atoms with van der Waals surface area (Å²) in [6, 6.07) is 6.71. The molecule has 0 saturated heterocycles. The number of rotatable bonds is 2. The zero-order chi connectivity index (χ0) is 12.6. The number of hydrogen-bond donors (Lipinski definition) is 0. The van der Waals surface area contributed by atoms with Crippen LogP contribution in [0.2, 0.25) is 8.67 Å². The molecule has 1 unspecified atom stereocenters. The van der Waals surface area contributed by atoms with Crippen LogP contribution < -0.4 is 0 Å². The fourth-order valence-corrected chi connectivity index (χ4v) is 4.06. The van der Waals surface area contributed by atoms with Gasteiger partial charge in [0.15, 0.2) is 0 Å². The van der Waals surface area contributed by atoms with E-state index in [2.05, 4.69) is 15.9 Å². The molecule has 1 atom stereocenters. The molecule has 5 heteroatoms. The van der Waals surface area contributed by atoms with Gasteiger partial charge in [0.25, 0.3) is 0 Å². The largest absolute Gasteiger partial charge is 0.207 e. The summed E-state index contributed by atoms with van der Waals surface area (Å²) in [4.78, 5) is -0.145. The highest BCUT2D eigenvalue weighted by atomic mass is 79.9. The first-order valence-corrected chi connectivity index (χ1v) is 7.32. The fourth-order valence-electron chi connectivity index (χ4n) is 1.62. The summed E-state index contributed by atoms with van der Waals surface area (Å²) >= 11 is 16.8. The average Bonchev–Trinajstić information content (AvgIpc) is 2.55. The van der Waals surface area contributed by atoms with Gasteiger partial charge in [0, 0.05) is 5.56 Å². The first-order chi connectivity index (χ1) is 7.97. The van der Waals surface area contributed by atoms with Crippen LogP contribution >= 0.6 is 50.5 Å². The van der Waals surface area contributed by atoms with Gasteiger partial charge >= 0.3 is 0 Å². The molecule has 1 aromatic carbocycles. The van der Waals surface area contributed by atoms with Crippen molar-refractivity contribution in [2.45, 2.75) is 11.8 Å². The predicted octanol–water partition coefficient (Wildman–Crippen LogP) is 5.99. The third kappa shape index (κ3) is 3.02. The van der Waals surface area contributed by atoms with Crippen LogP contribution in [-0.2, 0) is 0 Å². The van der Waals surface area contributed by atoms with E-state index in [0.717, 1.165) is 16.7 Å². The zero-order valence-electron chi connectivity index (χ0n) is 8.81. The Morgan fingerprint density at radius 1 is 1.24 bits per heavy atom. The van der Waals surface area contributed by atoms with E-state index >= 15 is 0 Å². The van der Waals surface area contributed by atoms with Crippen molar-refractivity contribution in [3.63, 3.8) is 0 Å². The summed E-state index contributed by atoms with van der Waals surface area (Å²) in [5, 5.41) is 0. The van der Waals surface area contributed by atoms with E-state index in [9.17, 15) is 4.39 Å². The number of halogens is 4. The van der Waals surface area contributed by atoms with Gasteiger partial charge < -0.3 is 0 Å². The Morgan fingerprint density at radius 2 is 1.94 bits per heavy atom. The Balaban J connectivity index is 2.43. The summed E-state index contributed by atoms with van der Waals surface area (Å²) in [6.07, 6.45) is 0. The van der Waals surface area contributed by atoms with E-state index < -0.39 is 0 Å². The summed E-state index contributed by atoms with van der Waals surface area (Å²) in [5.41, 5.74) is 2.58. The molecule has 0 spiro atoms. The van der Waals surface area contributed by atoms with E-state index in [1.807, 2.05) is 13.0 Å². The molecule has 0 radical (unpaired) electrons. The maximum atomic E-state index is 13.3. The van der Waals surface area contributed by atoms with Gasteiger partial charge in [-0.15, -0.1) is 11.3 Å². The van der Waals surface area contributed by atoms with Crippen LogP contribution in [0.25, 0.3) is 0 Å². The summed E-state index contributed by atoms with van der Waals surface area (Å²) < 4.78 is 14.6. The lowest BCUT2D eigenvalue weighted by molar-refractivity contribution is 0.624. The maximum absolute atomic E-state index is 13.3. The molecule has 0 nitrogen and oxygen atoms in total. The van der Waals surface area contributed by atoms with Crippen molar-refractivity contribution in [1.29, 1.82) is 0 Å². The molecule has 1 heterocycles. The van der Waals surface area contributed by atoms with Gasteiger partial charge in [0.2, 0.25) is 0 Å². The van der Waals surface area contributed by atoms with E-state index in [1.54, 1.807) is 6.07 Å². The Kier molecular flexibility index (Phi) is 4.14. The van der Waals surface area contributed by atoms with Crippen molar-refractivity contribution in [2.24, 2.45) is 0 Å². The van der Waals surface area contributed by atoms with Crippen molar-refractivity contribution >= 4 is 50.5 Å². The summed E-state index contributed by atoms with van der Waals surface area (Å²) in [6.45, 7) is 1.86. The van der Waals surface area contributed by atoms with Crippen molar-refractivity contribution in [2.75, 3.05) is 0 Å². The second kappa shape index (κ2) is 5.27. The molecular formula is C12H8BrCl2FS. The Bertz CT molecular complexity index is 533. The number of alkyl halides is 1. The molecule has 90 valence electrons. The molecule has 2 rings (SSSR count). The Labute approximate surface area is 121 Å². The minimum atomic E-state index is -0.248. The highest BCUT2D eigenvalue weighted by Gasteiger charge is 2.17. The van der Waals surface area contributed by atoms with Crippen molar-refractivity contribution in [3.8, 4) is 0 Å². The lowest BCUT2D eigenvalue weighted by Gasteiger charge is -2.10. The Morgan fingerprint density at radius 3 is 2.47 bits per heavy atom. The van der Waals surface area contributed by atoms with Gasteiger partial charge in [-0.1, -0.05) is 45.2 Å². The number of aryl methyl sites for hydroxylation is 1. The molecule has 0 saturated carbocycles. The molecule has 0 aliphatic heterocycles. The molecule has 0 aliphatic carbocycles. The first kappa shape index (κ1) is 13.3. The first-order valence-electron chi connectivity index (χ1n) is 4.83. The number of benzene rings is 1. The molecule has 1 aromatic heterocycles. The molecule has 0 aliphatic rings. The highest BCUT2D eigenvalue weighted by molar-refractivity contribution is 9.09. The van der Waals surface area contributed by atoms with E-state index in [-0.39, 0.29) is 10.6 Å². The molecule has 17 heavy (non-hydrogen) atoms. The second-order valence-corrected chi connectivity index (χ2v) is 6.91. The Hall–Kier alpha value is -0.0900. The standard InChI is InChI=1S/C12H8BrCl2FS/c1-6-2-7(4-8(16)3-6)11(13)9-5-10(14)17-12(9)15/h2-5,11H,1H3. The van der Waals surface area contributed by atoms with Gasteiger partial charge in [-0.3, -0.25) is 0 Å². The summed E-state index contributed by atoms with van der Waals surface area (Å²) in [5.74, 6) is -0.248. The topological polar surface area (TPSA) is 0 Å². The second-order valence-electron chi connectivity index (χ2n) is 3.70. The SMILES string of the molecule is Cc1cc(F)cc(C(Br)c2cc(Cl)sc2Cl)c1. The van der Waals surface area contributed by atoms with Crippen LogP contribution in [0, 0.1) is 12.7 Å². The van der Waals surface area contributed by atoms with Crippen LogP contribution in [-0.4, -0.2) is 0 Å². The van der Waals surface area contributed by atoms with E-state index in [4.69, 9.17) is 23.2 Å². The van der Waals surface area contributed by atoms with Gasteiger partial charge in [-0.25, -0.2) is 4.39 Å². The molecule has 0 fully saturated rings. The lowest BCUT2D eigenvalue weighted by atomic mass is 10.1. The van der Waals surface area contributed by atoms with Gasteiger partial charge in [-0.2, -0.15) is 0 Å². The third-order valence-corrected chi connectivity index (χ3v) is 4.85. The smallest absolute Gasteiger partial charge is 0.123 e. The number of hydrogen-bond acceptors (Lipinski definition) is 1. The van der Waals surface area contributed by atoms with Gasteiger partial charge in [0.1, 0.15) is 5.82 Å². The third-order valence-electron chi connectivity index (χ3n) is 2.31. The van der Waals surface area contributed by atoms with E-state index in [0.29, 0.717) is 8.67 Å². The van der Waals surface area contributed by atoms with Crippen molar-refractivity contribution in [3.05, 3.63) is 55.4 Å². The molecule has 0 N–H and O–H groups in total. The van der Waals surface area contributed by atoms with Gasteiger partial charge in [-0.05, 0) is 36.2 Å². The van der Waals surface area contributed by atoms with E-state index in [1.165, 1.54) is 23.5 Å². The number of thiophene rings is 1. The van der Waals surface area contributed by atoms with Crippen LogP contribution in [0.15, 0.2) is 24.3 Å². The van der Waals surface area contributed by atoms with Crippen molar-refractivity contribution in [1.82, 2.24) is 0 Å². The highest BCUT2D eigenvalue weighted by Crippen LogP contribution is 2.41. The maximum Gasteiger partial charge on any atom is 0.123 e. The van der Waals surface area contributed by atoms with Crippen LogP contribution in [0.1, 0.15) is 21.5 Å². The fraction of sp³-hybridized carbons (Fsp3) is 0.167. The predicted molar refractivity (Wildman–Crippen MR) is 76.2 cm³/mol. The molecular weight excluding hydrogens is 346 g/mol. The van der Waals surface area contributed by atoms with Crippen molar-refractivity contribution < 1.29 is 4.39 Å². The quantitative estimate of drug-likeness (QED) is 0.582. The van der Waals surface area contributed by atoms with Crippen LogP contribution in [0.3, 0.4) is 0 Å². The molecule has 2 aromatic rings. The monoisotopic (exact) mass is 352 g/mol. The van der Waals surface area contributed by atoms with Crippen LogP contribution in [0.4, 0.5) is 4.39 Å². The minimum Gasteiger partial charge on any atom is -0.207 e. The zero-order valence-corrected chi connectivity index (χ0v) is 12.7. The lowest BCUT2D eigenvalue weighted by Crippen LogP contribution is -1.93. The average molecular weight is 354 g/mol. The minimum absolute atomic E-state index is 0.145. The normalized spacial score (nSPS) is 12.8. The summed E-state index contributed by atoms with van der Waals surface area (Å²) in [7, 11) is 0. The van der Waals surface area contributed by atoms with Crippen LogP contribution in [0.5, 0.6) is 0 Å². The molecule has 0 bridgehead atoms. The molecule has 0 amide bonds. The van der Waals surface area contributed by atoms with Gasteiger partial charge in [0.05, 0.1) is 13.5 Å².